The van der Waals surface area contributed by atoms with Crippen molar-refractivity contribution in [3.05, 3.63) is 40.8 Å². The van der Waals surface area contributed by atoms with Crippen molar-refractivity contribution in [1.29, 1.82) is 0 Å². The quantitative estimate of drug-likeness (QED) is 0.841. The lowest BCUT2D eigenvalue weighted by atomic mass is 10.1. The fourth-order valence-corrected chi connectivity index (χ4v) is 1.58. The van der Waals surface area contributed by atoms with E-state index in [1.54, 1.807) is 6.07 Å². The van der Waals surface area contributed by atoms with E-state index in [0.29, 0.717) is 0 Å². The van der Waals surface area contributed by atoms with E-state index in [0.717, 1.165) is 0 Å². The van der Waals surface area contributed by atoms with Gasteiger partial charge in [0.15, 0.2) is 0 Å². The molecule has 1 amide bonds. The zero-order valence-corrected chi connectivity index (χ0v) is 8.75. The minimum absolute atomic E-state index is 0.106. The van der Waals surface area contributed by atoms with Crippen LogP contribution in [0.15, 0.2) is 24.3 Å². The average molecular weight is 240 g/mol. The fraction of sp³-hybridized carbons (Fsp3) is 0. The highest BCUT2D eigenvalue weighted by atomic mass is 35.5. The van der Waals surface area contributed by atoms with Crippen molar-refractivity contribution in [2.75, 3.05) is 0 Å². The van der Waals surface area contributed by atoms with Crippen molar-refractivity contribution < 1.29 is 9.18 Å². The Morgan fingerprint density at radius 1 is 1.50 bits per heavy atom. The predicted octanol–water partition coefficient (Wildman–Crippen LogP) is 1.97. The molecule has 2 rings (SSSR count). The second-order valence-corrected chi connectivity index (χ2v) is 3.53. The molecule has 16 heavy (non-hydrogen) atoms. The molecule has 0 bridgehead atoms. The number of H-pyrrole nitrogens is 1. The summed E-state index contributed by atoms with van der Waals surface area (Å²) in [6.45, 7) is 0. The topological polar surface area (TPSA) is 71.8 Å². The number of amides is 1. The molecule has 0 radical (unpaired) electrons. The van der Waals surface area contributed by atoms with Crippen LogP contribution in [0.5, 0.6) is 0 Å². The van der Waals surface area contributed by atoms with Crippen LogP contribution in [-0.2, 0) is 0 Å². The summed E-state index contributed by atoms with van der Waals surface area (Å²) in [4.78, 5) is 10.8. The molecular weight excluding hydrogens is 233 g/mol. The molecule has 0 aliphatic carbocycles. The number of aromatic nitrogens is 2. The average Bonchev–Trinajstić information content (AvgIpc) is 2.66. The zero-order chi connectivity index (χ0) is 11.7. The van der Waals surface area contributed by atoms with Gasteiger partial charge >= 0.3 is 0 Å². The second-order valence-electron chi connectivity index (χ2n) is 3.13. The third-order valence-corrected chi connectivity index (χ3v) is 2.38. The van der Waals surface area contributed by atoms with Crippen LogP contribution in [0.3, 0.4) is 0 Å². The Balaban J connectivity index is 2.54. The highest BCUT2D eigenvalue weighted by Gasteiger charge is 2.14. The first kappa shape index (κ1) is 10.6. The van der Waals surface area contributed by atoms with Crippen LogP contribution in [0.25, 0.3) is 11.3 Å². The van der Waals surface area contributed by atoms with Gasteiger partial charge in [0.1, 0.15) is 11.5 Å². The number of benzene rings is 1. The van der Waals surface area contributed by atoms with E-state index in [9.17, 15) is 9.18 Å². The van der Waals surface area contributed by atoms with Crippen molar-refractivity contribution in [2.45, 2.75) is 0 Å². The summed E-state index contributed by atoms with van der Waals surface area (Å²) in [6, 6.07) is 5.65. The number of nitrogens with two attached hydrogens (primary N) is 1. The van der Waals surface area contributed by atoms with Crippen molar-refractivity contribution >= 4 is 17.5 Å². The number of hydrogen-bond acceptors (Lipinski definition) is 2. The molecule has 1 aromatic carbocycles. The Labute approximate surface area is 95.2 Å². The van der Waals surface area contributed by atoms with E-state index in [2.05, 4.69) is 10.2 Å². The van der Waals surface area contributed by atoms with E-state index in [-0.39, 0.29) is 22.0 Å². The van der Waals surface area contributed by atoms with Crippen molar-refractivity contribution in [3.63, 3.8) is 0 Å². The molecule has 1 aromatic heterocycles. The van der Waals surface area contributed by atoms with Gasteiger partial charge < -0.3 is 5.73 Å². The first-order valence-electron chi connectivity index (χ1n) is 4.39. The number of halogens is 2. The van der Waals surface area contributed by atoms with E-state index < -0.39 is 11.7 Å². The van der Waals surface area contributed by atoms with E-state index in [1.165, 1.54) is 18.2 Å². The maximum absolute atomic E-state index is 13.5. The summed E-state index contributed by atoms with van der Waals surface area (Å²) >= 11 is 5.84. The Bertz CT molecular complexity index is 532. The Morgan fingerprint density at radius 3 is 2.81 bits per heavy atom. The Kier molecular flexibility index (Phi) is 2.62. The summed E-state index contributed by atoms with van der Waals surface area (Å²) in [7, 11) is 0. The molecule has 0 fully saturated rings. The minimum atomic E-state index is -0.661. The monoisotopic (exact) mass is 239 g/mol. The number of hydrogen-bond donors (Lipinski definition) is 2. The van der Waals surface area contributed by atoms with E-state index in [1.807, 2.05) is 0 Å². The van der Waals surface area contributed by atoms with Gasteiger partial charge in [-0.1, -0.05) is 17.7 Å². The summed E-state index contributed by atoms with van der Waals surface area (Å²) in [5, 5.41) is 6.41. The summed E-state index contributed by atoms with van der Waals surface area (Å²) in [5.74, 6) is -1.17. The van der Waals surface area contributed by atoms with Crippen LogP contribution in [0.2, 0.25) is 5.02 Å². The highest BCUT2D eigenvalue weighted by Crippen LogP contribution is 2.29. The molecule has 3 N–H and O–H groups in total. The van der Waals surface area contributed by atoms with Gasteiger partial charge in [-0.2, -0.15) is 5.10 Å². The molecule has 0 spiro atoms. The highest BCUT2D eigenvalue weighted by molar-refractivity contribution is 6.33. The van der Waals surface area contributed by atoms with Crippen molar-refractivity contribution in [3.8, 4) is 11.3 Å². The molecule has 0 unspecified atom stereocenters. The fourth-order valence-electron chi connectivity index (χ4n) is 1.32. The molecule has 0 aliphatic heterocycles. The molecule has 0 saturated heterocycles. The lowest BCUT2D eigenvalue weighted by Gasteiger charge is -2.00. The smallest absolute Gasteiger partial charge is 0.266 e. The van der Waals surface area contributed by atoms with E-state index in [4.69, 9.17) is 17.3 Å². The van der Waals surface area contributed by atoms with Crippen LogP contribution in [-0.4, -0.2) is 16.1 Å². The van der Waals surface area contributed by atoms with Gasteiger partial charge in [-0.25, -0.2) is 4.39 Å². The Morgan fingerprint density at radius 2 is 2.25 bits per heavy atom. The van der Waals surface area contributed by atoms with Crippen LogP contribution >= 0.6 is 11.6 Å². The second kappa shape index (κ2) is 3.94. The third-order valence-electron chi connectivity index (χ3n) is 2.06. The standard InChI is InChI=1S/C10H7ClFN3O/c11-5-2-1-3-6(12)9(5)7-4-8(10(13)16)15-14-7/h1-4H,(H2,13,16)(H,14,15). The lowest BCUT2D eigenvalue weighted by molar-refractivity contribution is 0.0995. The number of aromatic amines is 1. The van der Waals surface area contributed by atoms with Crippen LogP contribution in [0.4, 0.5) is 4.39 Å². The lowest BCUT2D eigenvalue weighted by Crippen LogP contribution is -2.10. The maximum Gasteiger partial charge on any atom is 0.266 e. The number of carbonyl (C=O) groups is 1. The van der Waals surface area contributed by atoms with Crippen LogP contribution in [0, 0.1) is 5.82 Å². The SMILES string of the molecule is NC(=O)c1cc(-c2c(F)cccc2Cl)n[nH]1. The molecule has 4 nitrogen and oxygen atoms in total. The van der Waals surface area contributed by atoms with Gasteiger partial charge in [-0.15, -0.1) is 0 Å². The summed E-state index contributed by atoms with van der Waals surface area (Å²) < 4.78 is 13.5. The third kappa shape index (κ3) is 1.77. The summed E-state index contributed by atoms with van der Waals surface area (Å²) in [5.41, 5.74) is 5.54. The van der Waals surface area contributed by atoms with Gasteiger partial charge in [0, 0.05) is 0 Å². The minimum Gasteiger partial charge on any atom is -0.364 e. The molecule has 6 heteroatoms. The number of nitrogens with one attached hydrogen (secondary N) is 1. The number of nitrogens with zero attached hydrogens (tertiary/aromatic N) is 1. The normalized spacial score (nSPS) is 10.4. The molecule has 2 aromatic rings. The zero-order valence-electron chi connectivity index (χ0n) is 8.00. The number of rotatable bonds is 2. The molecule has 0 saturated carbocycles. The Hall–Kier alpha value is -1.88. The van der Waals surface area contributed by atoms with Gasteiger partial charge in [0.25, 0.3) is 5.91 Å². The van der Waals surface area contributed by atoms with Crippen LogP contribution in [0.1, 0.15) is 10.5 Å². The van der Waals surface area contributed by atoms with E-state index >= 15 is 0 Å². The predicted molar refractivity (Wildman–Crippen MR) is 57.5 cm³/mol. The van der Waals surface area contributed by atoms with Gasteiger partial charge in [-0.05, 0) is 18.2 Å². The van der Waals surface area contributed by atoms with Gasteiger partial charge in [0.05, 0.1) is 16.3 Å². The van der Waals surface area contributed by atoms with Crippen molar-refractivity contribution in [2.24, 2.45) is 5.73 Å². The van der Waals surface area contributed by atoms with Gasteiger partial charge in [0.2, 0.25) is 0 Å². The molecular formula is C10H7ClFN3O. The molecule has 0 aliphatic rings. The molecule has 0 atom stereocenters. The van der Waals surface area contributed by atoms with Crippen LogP contribution < -0.4 is 5.73 Å². The summed E-state index contributed by atoms with van der Waals surface area (Å²) in [6.07, 6.45) is 0. The maximum atomic E-state index is 13.5. The van der Waals surface area contributed by atoms with Gasteiger partial charge in [-0.3, -0.25) is 9.89 Å². The van der Waals surface area contributed by atoms with Crippen molar-refractivity contribution in [1.82, 2.24) is 10.2 Å². The molecule has 1 heterocycles. The number of primary amides is 1. The number of carbonyl (C=O) groups excluding carboxylic acids is 1. The first-order chi connectivity index (χ1) is 7.59. The molecule has 82 valence electrons. The largest absolute Gasteiger partial charge is 0.364 e. The first-order valence-corrected chi connectivity index (χ1v) is 4.77.